The number of para-hydroxylation sites is 2. The van der Waals surface area contributed by atoms with Crippen LogP contribution in [-0.4, -0.2) is 21.4 Å². The smallest absolute Gasteiger partial charge is 0.266 e. The zero-order chi connectivity index (χ0) is 33.0. The number of carbonyl (C=O) groups excluding carboxylic acids is 1. The highest BCUT2D eigenvalue weighted by Gasteiger charge is 2.32. The maximum Gasteiger partial charge on any atom is 0.266 e. The van der Waals surface area contributed by atoms with Crippen LogP contribution in [0.3, 0.4) is 0 Å². The molecule has 236 valence electrons. The summed E-state index contributed by atoms with van der Waals surface area (Å²) in [5.74, 6) is -0.819. The van der Waals surface area contributed by atoms with E-state index >= 15 is 4.39 Å². The molecule has 1 amide bonds. The minimum absolute atomic E-state index is 0.0247. The van der Waals surface area contributed by atoms with E-state index in [4.69, 9.17) is 16.3 Å². The average molecular weight is 657 g/mol. The Hall–Kier alpha value is -4.66. The first-order chi connectivity index (χ1) is 22.0. The molecule has 0 saturated heterocycles. The molecule has 1 unspecified atom stereocenters. The zero-order valence-electron chi connectivity index (χ0n) is 25.9. The Morgan fingerprint density at radius 2 is 1.48 bits per heavy atom. The predicted molar refractivity (Wildman–Crippen MR) is 182 cm³/mol. The van der Waals surface area contributed by atoms with Crippen LogP contribution in [0.1, 0.15) is 45.6 Å². The number of nitrogens with zero attached hydrogens (tertiary/aromatic N) is 2. The van der Waals surface area contributed by atoms with Crippen molar-refractivity contribution in [1.82, 2.24) is 0 Å². The Labute approximate surface area is 274 Å². The molecule has 0 aliphatic heterocycles. The predicted octanol–water partition coefficient (Wildman–Crippen LogP) is 8.91. The van der Waals surface area contributed by atoms with E-state index in [9.17, 15) is 13.2 Å². The molecule has 5 rings (SSSR count). The Kier molecular flexibility index (Phi) is 9.79. The molecule has 0 bridgehead atoms. The third kappa shape index (κ3) is 6.78. The fourth-order valence-corrected chi connectivity index (χ4v) is 7.24. The average Bonchev–Trinajstić information content (AvgIpc) is 3.06. The van der Waals surface area contributed by atoms with Crippen molar-refractivity contribution in [3.8, 4) is 5.75 Å². The third-order valence-electron chi connectivity index (χ3n) is 7.80. The van der Waals surface area contributed by atoms with Crippen LogP contribution < -0.4 is 13.9 Å². The van der Waals surface area contributed by atoms with Crippen LogP contribution >= 0.6 is 11.6 Å². The number of rotatable bonds is 10. The summed E-state index contributed by atoms with van der Waals surface area (Å²) in [7, 11) is -2.91. The number of sulfonamides is 1. The summed E-state index contributed by atoms with van der Waals surface area (Å²) in [4.78, 5) is 15.5. The SMILES string of the molecule is COc1ccccc1N(Cc1ccccc1)S(=O)(=O)c1cc(C(=O)N(c2cc(C)ccc2F)C(C)c2ccc(C)cc2)ccc1Cl. The summed E-state index contributed by atoms with van der Waals surface area (Å²) < 4.78 is 51.2. The Morgan fingerprint density at radius 3 is 2.17 bits per heavy atom. The number of ether oxygens (including phenoxy) is 1. The van der Waals surface area contributed by atoms with E-state index in [0.717, 1.165) is 22.3 Å². The van der Waals surface area contributed by atoms with Gasteiger partial charge < -0.3 is 4.74 Å². The Morgan fingerprint density at radius 1 is 0.826 bits per heavy atom. The lowest BCUT2D eigenvalue weighted by Gasteiger charge is -2.31. The monoisotopic (exact) mass is 656 g/mol. The van der Waals surface area contributed by atoms with Crippen molar-refractivity contribution in [2.45, 2.75) is 38.3 Å². The lowest BCUT2D eigenvalue weighted by molar-refractivity contribution is 0.0977. The van der Waals surface area contributed by atoms with Crippen molar-refractivity contribution < 1.29 is 22.3 Å². The van der Waals surface area contributed by atoms with Crippen molar-refractivity contribution in [3.63, 3.8) is 0 Å². The van der Waals surface area contributed by atoms with Crippen LogP contribution in [0.25, 0.3) is 0 Å². The molecule has 0 radical (unpaired) electrons. The van der Waals surface area contributed by atoms with Gasteiger partial charge in [-0.25, -0.2) is 12.8 Å². The number of amides is 1. The molecule has 5 aromatic rings. The highest BCUT2D eigenvalue weighted by molar-refractivity contribution is 7.93. The number of anilines is 2. The van der Waals surface area contributed by atoms with Gasteiger partial charge in [0.1, 0.15) is 16.5 Å². The molecule has 0 aromatic heterocycles. The molecular weight excluding hydrogens is 623 g/mol. The molecule has 6 nitrogen and oxygen atoms in total. The number of benzene rings is 5. The van der Waals surface area contributed by atoms with Crippen molar-refractivity contribution in [3.05, 3.63) is 154 Å². The second kappa shape index (κ2) is 13.8. The third-order valence-corrected chi connectivity index (χ3v) is 10.0. The lowest BCUT2D eigenvalue weighted by atomic mass is 10.0. The first-order valence-corrected chi connectivity index (χ1v) is 16.5. The number of aryl methyl sites for hydroxylation is 2. The van der Waals surface area contributed by atoms with Gasteiger partial charge in [-0.3, -0.25) is 14.0 Å². The number of methoxy groups -OCH3 is 1. The summed E-state index contributed by atoms with van der Waals surface area (Å²) >= 11 is 6.59. The summed E-state index contributed by atoms with van der Waals surface area (Å²) in [6.07, 6.45) is 0. The minimum atomic E-state index is -4.38. The molecule has 46 heavy (non-hydrogen) atoms. The summed E-state index contributed by atoms with van der Waals surface area (Å²) in [5.41, 5.74) is 3.73. The first kappa shape index (κ1) is 32.7. The van der Waals surface area contributed by atoms with Gasteiger partial charge >= 0.3 is 0 Å². The van der Waals surface area contributed by atoms with Crippen LogP contribution in [0.5, 0.6) is 5.75 Å². The standard InChI is InChI=1S/C37H34ClFN2O4S/c1-25-14-17-29(18-15-25)27(3)41(34-22-26(2)16-21-32(34)39)37(42)30-19-20-31(38)36(23-30)46(43,44)40(24-28-10-6-5-7-11-28)33-12-8-9-13-35(33)45-4/h5-23,27H,24H2,1-4H3. The first-order valence-electron chi connectivity index (χ1n) is 14.7. The van der Waals surface area contributed by atoms with Crippen molar-refractivity contribution in [2.75, 3.05) is 16.3 Å². The molecule has 5 aromatic carbocycles. The van der Waals surface area contributed by atoms with E-state index in [0.29, 0.717) is 11.4 Å². The maximum absolute atomic E-state index is 15.4. The molecule has 0 N–H and O–H groups in total. The van der Waals surface area contributed by atoms with Crippen molar-refractivity contribution in [1.29, 1.82) is 0 Å². The van der Waals surface area contributed by atoms with Gasteiger partial charge in [-0.05, 0) is 79.9 Å². The minimum Gasteiger partial charge on any atom is -0.495 e. The number of hydrogen-bond acceptors (Lipinski definition) is 4. The molecule has 0 heterocycles. The quantitative estimate of drug-likeness (QED) is 0.151. The van der Waals surface area contributed by atoms with Gasteiger partial charge in [0.25, 0.3) is 15.9 Å². The second-order valence-electron chi connectivity index (χ2n) is 11.0. The highest BCUT2D eigenvalue weighted by Crippen LogP contribution is 2.37. The number of hydrogen-bond donors (Lipinski definition) is 0. The van der Waals surface area contributed by atoms with Gasteiger partial charge in [0.2, 0.25) is 0 Å². The molecule has 0 aliphatic rings. The molecule has 9 heteroatoms. The van der Waals surface area contributed by atoms with Gasteiger partial charge in [-0.15, -0.1) is 0 Å². The highest BCUT2D eigenvalue weighted by atomic mass is 35.5. The summed E-state index contributed by atoms with van der Waals surface area (Å²) in [6.45, 7) is 5.55. The largest absolute Gasteiger partial charge is 0.495 e. The van der Waals surface area contributed by atoms with Gasteiger partial charge in [0.05, 0.1) is 36.1 Å². The lowest BCUT2D eigenvalue weighted by Crippen LogP contribution is -2.35. The van der Waals surface area contributed by atoms with E-state index < -0.39 is 27.8 Å². The Bertz CT molecular complexity index is 1970. The fraction of sp³-hybridized carbons (Fsp3) is 0.162. The van der Waals surface area contributed by atoms with Gasteiger partial charge in [0, 0.05) is 5.56 Å². The van der Waals surface area contributed by atoms with Crippen LogP contribution in [0.15, 0.2) is 120 Å². The van der Waals surface area contributed by atoms with E-state index in [2.05, 4.69) is 0 Å². The van der Waals surface area contributed by atoms with Crippen LogP contribution in [0.2, 0.25) is 5.02 Å². The van der Waals surface area contributed by atoms with E-state index in [1.165, 1.54) is 40.6 Å². The van der Waals surface area contributed by atoms with E-state index in [-0.39, 0.29) is 27.7 Å². The summed E-state index contributed by atoms with van der Waals surface area (Å²) in [6, 6.07) is 31.6. The van der Waals surface area contributed by atoms with E-state index in [1.54, 1.807) is 43.3 Å². The van der Waals surface area contributed by atoms with Crippen molar-refractivity contribution >= 4 is 38.9 Å². The maximum atomic E-state index is 15.4. The normalized spacial score (nSPS) is 12.0. The molecular formula is C37H34ClFN2O4S. The number of carbonyl (C=O) groups is 1. The molecule has 0 spiro atoms. The van der Waals surface area contributed by atoms with Crippen LogP contribution in [0, 0.1) is 19.7 Å². The van der Waals surface area contributed by atoms with Gasteiger partial charge in [0.15, 0.2) is 0 Å². The topological polar surface area (TPSA) is 66.9 Å². The summed E-state index contributed by atoms with van der Waals surface area (Å²) in [5, 5.41) is -0.0654. The molecule has 0 saturated carbocycles. The number of halogens is 2. The van der Waals surface area contributed by atoms with Crippen LogP contribution in [-0.2, 0) is 16.6 Å². The molecule has 1 atom stereocenters. The van der Waals surface area contributed by atoms with Crippen LogP contribution in [0.4, 0.5) is 15.8 Å². The fourth-order valence-electron chi connectivity index (χ4n) is 5.27. The molecule has 0 fully saturated rings. The molecule has 0 aliphatic carbocycles. The Balaban J connectivity index is 1.64. The van der Waals surface area contributed by atoms with Gasteiger partial charge in [-0.2, -0.15) is 0 Å². The zero-order valence-corrected chi connectivity index (χ0v) is 27.5. The van der Waals surface area contributed by atoms with Crippen molar-refractivity contribution in [2.24, 2.45) is 0 Å². The second-order valence-corrected chi connectivity index (χ2v) is 13.3. The van der Waals surface area contributed by atoms with Gasteiger partial charge in [-0.1, -0.05) is 90.0 Å². The van der Waals surface area contributed by atoms with E-state index in [1.807, 2.05) is 68.4 Å².